The van der Waals surface area contributed by atoms with Crippen LogP contribution in [-0.2, 0) is 9.53 Å². The third-order valence-electron chi connectivity index (χ3n) is 2.69. The maximum atomic E-state index is 13.7. The first-order valence-electron chi connectivity index (χ1n) is 5.97. The van der Waals surface area contributed by atoms with Crippen LogP contribution in [0.1, 0.15) is 11.6 Å². The fourth-order valence-electron chi connectivity index (χ4n) is 1.63. The van der Waals surface area contributed by atoms with Gasteiger partial charge in [-0.2, -0.15) is 0 Å². The Morgan fingerprint density at radius 1 is 1.25 bits per heavy atom. The first kappa shape index (κ1) is 16.5. The highest BCUT2D eigenvalue weighted by Crippen LogP contribution is 2.21. The fourth-order valence-corrected chi connectivity index (χ4v) is 1.63. The second-order valence-electron chi connectivity index (χ2n) is 4.50. The van der Waals surface area contributed by atoms with Crippen molar-refractivity contribution in [3.05, 3.63) is 35.1 Å². The van der Waals surface area contributed by atoms with Crippen LogP contribution in [0.5, 0.6) is 0 Å². The fraction of sp³-hybridized carbons (Fsp3) is 0.462. The predicted molar refractivity (Wildman–Crippen MR) is 67.6 cm³/mol. The molecule has 0 fully saturated rings. The molecule has 20 heavy (non-hydrogen) atoms. The molecule has 112 valence electrons. The first-order chi connectivity index (χ1) is 9.36. The summed E-state index contributed by atoms with van der Waals surface area (Å²) in [5.74, 6) is -4.29. The number of benzene rings is 1. The molecular formula is C13H17F3N2O2. The van der Waals surface area contributed by atoms with Crippen LogP contribution in [0.25, 0.3) is 0 Å². The zero-order valence-corrected chi connectivity index (χ0v) is 11.5. The van der Waals surface area contributed by atoms with Gasteiger partial charge in [0.05, 0.1) is 7.11 Å². The number of likely N-dealkylation sites (N-methyl/N-ethyl adjacent to an activating group) is 1. The van der Waals surface area contributed by atoms with Gasteiger partial charge in [0.15, 0.2) is 11.6 Å². The zero-order chi connectivity index (χ0) is 15.3. The van der Waals surface area contributed by atoms with Crippen molar-refractivity contribution >= 4 is 5.97 Å². The van der Waals surface area contributed by atoms with E-state index >= 15 is 0 Å². The molecule has 1 unspecified atom stereocenters. The molecule has 0 bridgehead atoms. The molecule has 1 aromatic rings. The number of ether oxygens (including phenoxy) is 1. The van der Waals surface area contributed by atoms with Gasteiger partial charge in [-0.15, -0.1) is 0 Å². The Bertz CT molecular complexity index is 481. The van der Waals surface area contributed by atoms with Gasteiger partial charge in [0.1, 0.15) is 11.9 Å². The summed E-state index contributed by atoms with van der Waals surface area (Å²) >= 11 is 0. The molecule has 0 radical (unpaired) electrons. The van der Waals surface area contributed by atoms with Crippen molar-refractivity contribution < 1.29 is 22.7 Å². The van der Waals surface area contributed by atoms with E-state index in [1.54, 1.807) is 0 Å². The van der Waals surface area contributed by atoms with Crippen LogP contribution in [0, 0.1) is 17.5 Å². The van der Waals surface area contributed by atoms with E-state index in [-0.39, 0.29) is 5.56 Å². The average Bonchev–Trinajstić information content (AvgIpc) is 2.38. The Hall–Kier alpha value is -1.60. The van der Waals surface area contributed by atoms with Gasteiger partial charge in [0, 0.05) is 24.7 Å². The van der Waals surface area contributed by atoms with Crippen molar-refractivity contribution in [1.29, 1.82) is 0 Å². The molecule has 1 rings (SSSR count). The number of carbonyl (C=O) groups is 1. The quantitative estimate of drug-likeness (QED) is 0.636. The number of rotatable bonds is 6. The Balaban J connectivity index is 2.99. The van der Waals surface area contributed by atoms with Gasteiger partial charge in [0.25, 0.3) is 0 Å². The molecule has 0 aromatic heterocycles. The van der Waals surface area contributed by atoms with E-state index in [4.69, 9.17) is 0 Å². The minimum Gasteiger partial charge on any atom is -0.468 e. The lowest BCUT2D eigenvalue weighted by Gasteiger charge is -2.19. The standard InChI is InChI=1S/C13H17F3N2O2/c1-18(2)5-4-17-12(13(19)20-3)8-6-10(15)11(16)7-9(8)14/h6-7,12,17H,4-5H2,1-3H3. The second-order valence-corrected chi connectivity index (χ2v) is 4.50. The molecule has 7 heteroatoms. The number of carbonyl (C=O) groups excluding carboxylic acids is 1. The summed E-state index contributed by atoms with van der Waals surface area (Å²) in [6, 6.07) is -0.113. The van der Waals surface area contributed by atoms with E-state index in [1.165, 1.54) is 0 Å². The minimum absolute atomic E-state index is 0.283. The van der Waals surface area contributed by atoms with Gasteiger partial charge >= 0.3 is 5.97 Å². The molecule has 0 saturated heterocycles. The summed E-state index contributed by atoms with van der Waals surface area (Å²) in [4.78, 5) is 13.5. The van der Waals surface area contributed by atoms with Crippen molar-refractivity contribution in [3.8, 4) is 0 Å². The van der Waals surface area contributed by atoms with Crippen LogP contribution in [0.3, 0.4) is 0 Å². The molecular weight excluding hydrogens is 273 g/mol. The van der Waals surface area contributed by atoms with Crippen LogP contribution in [0.15, 0.2) is 12.1 Å². The van der Waals surface area contributed by atoms with Crippen LogP contribution >= 0.6 is 0 Å². The Kier molecular flexibility index (Phi) is 5.97. The van der Waals surface area contributed by atoms with Gasteiger partial charge in [-0.1, -0.05) is 0 Å². The van der Waals surface area contributed by atoms with Crippen molar-refractivity contribution in [2.24, 2.45) is 0 Å². The maximum Gasteiger partial charge on any atom is 0.327 e. The number of hydrogen-bond acceptors (Lipinski definition) is 4. The lowest BCUT2D eigenvalue weighted by atomic mass is 10.1. The molecule has 1 aromatic carbocycles. The number of halogens is 3. The van der Waals surface area contributed by atoms with E-state index in [0.29, 0.717) is 25.2 Å². The van der Waals surface area contributed by atoms with Crippen LogP contribution in [0.2, 0.25) is 0 Å². The average molecular weight is 290 g/mol. The van der Waals surface area contributed by atoms with Crippen molar-refractivity contribution in [3.63, 3.8) is 0 Å². The largest absolute Gasteiger partial charge is 0.468 e. The van der Waals surface area contributed by atoms with Gasteiger partial charge in [-0.05, 0) is 20.2 Å². The molecule has 0 heterocycles. The highest BCUT2D eigenvalue weighted by Gasteiger charge is 2.25. The van der Waals surface area contributed by atoms with Crippen molar-refractivity contribution in [1.82, 2.24) is 10.2 Å². The smallest absolute Gasteiger partial charge is 0.327 e. The van der Waals surface area contributed by atoms with Gasteiger partial charge in [-0.3, -0.25) is 5.32 Å². The van der Waals surface area contributed by atoms with E-state index in [0.717, 1.165) is 7.11 Å². The molecule has 0 aliphatic rings. The van der Waals surface area contributed by atoms with Gasteiger partial charge in [-0.25, -0.2) is 18.0 Å². The molecule has 4 nitrogen and oxygen atoms in total. The molecule has 1 N–H and O–H groups in total. The summed E-state index contributed by atoms with van der Waals surface area (Å²) in [6.45, 7) is 0.935. The molecule has 0 saturated carbocycles. The number of nitrogens with zero attached hydrogens (tertiary/aromatic N) is 1. The predicted octanol–water partition coefficient (Wildman–Crippen LogP) is 1.47. The van der Waals surface area contributed by atoms with Crippen LogP contribution in [0.4, 0.5) is 13.2 Å². The summed E-state index contributed by atoms with van der Waals surface area (Å²) in [7, 11) is 4.79. The molecule has 0 spiro atoms. The second kappa shape index (κ2) is 7.25. The SMILES string of the molecule is COC(=O)C(NCCN(C)C)c1cc(F)c(F)cc1F. The third-order valence-corrected chi connectivity index (χ3v) is 2.69. The van der Waals surface area contributed by atoms with Crippen molar-refractivity contribution in [2.45, 2.75) is 6.04 Å². The summed E-state index contributed by atoms with van der Waals surface area (Å²) < 4.78 is 44.4. The van der Waals surface area contributed by atoms with E-state index in [2.05, 4.69) is 10.1 Å². The Labute approximate surface area is 115 Å². The number of hydrogen-bond donors (Lipinski definition) is 1. The highest BCUT2D eigenvalue weighted by molar-refractivity contribution is 5.77. The Morgan fingerprint density at radius 3 is 2.40 bits per heavy atom. The highest BCUT2D eigenvalue weighted by atomic mass is 19.2. The molecule has 1 atom stereocenters. The maximum absolute atomic E-state index is 13.7. The lowest BCUT2D eigenvalue weighted by Crippen LogP contribution is -2.35. The topological polar surface area (TPSA) is 41.6 Å². The summed E-state index contributed by atoms with van der Waals surface area (Å²) in [5.41, 5.74) is -0.283. The third kappa shape index (κ3) is 4.21. The van der Waals surface area contributed by atoms with E-state index in [9.17, 15) is 18.0 Å². The normalized spacial score (nSPS) is 12.6. The van der Waals surface area contributed by atoms with E-state index in [1.807, 2.05) is 19.0 Å². The minimum atomic E-state index is -1.30. The lowest BCUT2D eigenvalue weighted by molar-refractivity contribution is -0.143. The van der Waals surface area contributed by atoms with Gasteiger partial charge < -0.3 is 9.64 Å². The summed E-state index contributed by atoms with van der Waals surface area (Å²) in [5, 5.41) is 2.76. The molecule has 0 aliphatic heterocycles. The monoisotopic (exact) mass is 290 g/mol. The first-order valence-corrected chi connectivity index (χ1v) is 5.97. The van der Waals surface area contributed by atoms with Crippen LogP contribution < -0.4 is 5.32 Å². The van der Waals surface area contributed by atoms with E-state index < -0.39 is 29.5 Å². The van der Waals surface area contributed by atoms with Crippen molar-refractivity contribution in [2.75, 3.05) is 34.3 Å². The number of nitrogens with one attached hydrogen (secondary N) is 1. The Morgan fingerprint density at radius 2 is 1.85 bits per heavy atom. The number of methoxy groups -OCH3 is 1. The van der Waals surface area contributed by atoms with Gasteiger partial charge in [0.2, 0.25) is 0 Å². The molecule has 0 aliphatic carbocycles. The van der Waals surface area contributed by atoms with Crippen LogP contribution in [-0.4, -0.2) is 45.2 Å². The molecule has 0 amide bonds. The summed E-state index contributed by atoms with van der Waals surface area (Å²) in [6.07, 6.45) is 0. The number of esters is 1. The zero-order valence-electron chi connectivity index (χ0n) is 11.5.